The number of aromatic nitrogens is 6. The van der Waals surface area contributed by atoms with Gasteiger partial charge in [0.1, 0.15) is 17.7 Å². The minimum absolute atomic E-state index is 0.0434. The molecule has 0 aliphatic carbocycles. The van der Waals surface area contributed by atoms with Crippen LogP contribution in [-0.2, 0) is 11.2 Å². The van der Waals surface area contributed by atoms with Gasteiger partial charge >= 0.3 is 0 Å². The number of pyridine rings is 1. The largest absolute Gasteiger partial charge is 0.310 e. The van der Waals surface area contributed by atoms with E-state index < -0.39 is 0 Å². The molecule has 4 heterocycles. The van der Waals surface area contributed by atoms with E-state index in [2.05, 4.69) is 31.4 Å². The summed E-state index contributed by atoms with van der Waals surface area (Å²) < 4.78 is 3.39. The summed E-state index contributed by atoms with van der Waals surface area (Å²) in [5, 5.41) is 16.9. The van der Waals surface area contributed by atoms with Gasteiger partial charge in [-0.05, 0) is 51.5 Å². The Labute approximate surface area is 173 Å². The van der Waals surface area contributed by atoms with Crippen LogP contribution in [-0.4, -0.2) is 35.0 Å². The topological polar surface area (TPSA) is 114 Å². The fourth-order valence-electron chi connectivity index (χ4n) is 3.44. The average molecular weight is 400 g/mol. The van der Waals surface area contributed by atoms with E-state index in [0.29, 0.717) is 28.8 Å². The van der Waals surface area contributed by atoms with Crippen molar-refractivity contribution in [2.45, 2.75) is 34.1 Å². The van der Waals surface area contributed by atoms with Crippen LogP contribution < -0.4 is 5.32 Å². The number of nitrogens with zero attached hydrogens (tertiary/aromatic N) is 7. The Hall–Kier alpha value is -4.06. The lowest BCUT2D eigenvalue weighted by Crippen LogP contribution is -2.19. The summed E-state index contributed by atoms with van der Waals surface area (Å²) in [6.07, 6.45) is 1.62. The first kappa shape index (κ1) is 19.3. The molecule has 0 atom stereocenters. The molecule has 0 spiro atoms. The maximum atomic E-state index is 12.8. The highest BCUT2D eigenvalue weighted by atomic mass is 16.1. The summed E-state index contributed by atoms with van der Waals surface area (Å²) in [4.78, 5) is 25.9. The number of fused-ring (bicyclic) bond motifs is 1. The lowest BCUT2D eigenvalue weighted by molar-refractivity contribution is -0.115. The Morgan fingerprint density at radius 2 is 2.00 bits per heavy atom. The SMILES string of the molecule is Cc1cc(C)n2nc(CC(=O)Nc3c(C#N)c(C)c(C)n3-c3ccccn3)nc2n1. The van der Waals surface area contributed by atoms with E-state index in [4.69, 9.17) is 0 Å². The Morgan fingerprint density at radius 1 is 1.20 bits per heavy atom. The van der Waals surface area contributed by atoms with Crippen molar-refractivity contribution in [1.82, 2.24) is 29.1 Å². The second-order valence-corrected chi connectivity index (χ2v) is 7.07. The van der Waals surface area contributed by atoms with Crippen molar-refractivity contribution >= 4 is 17.5 Å². The number of carbonyl (C=O) groups excluding carboxylic acids is 1. The van der Waals surface area contributed by atoms with Gasteiger partial charge in [-0.1, -0.05) is 6.07 Å². The number of hydrogen-bond acceptors (Lipinski definition) is 6. The molecule has 0 bridgehead atoms. The molecule has 4 aromatic heterocycles. The molecule has 4 aromatic rings. The number of nitriles is 1. The number of nitrogens with one attached hydrogen (secondary N) is 1. The Balaban J connectivity index is 1.68. The van der Waals surface area contributed by atoms with E-state index >= 15 is 0 Å². The van der Waals surface area contributed by atoms with Crippen molar-refractivity contribution in [3.05, 3.63) is 64.5 Å². The van der Waals surface area contributed by atoms with E-state index in [1.165, 1.54) is 0 Å². The van der Waals surface area contributed by atoms with Gasteiger partial charge in [0.2, 0.25) is 5.91 Å². The molecule has 150 valence electrons. The first-order valence-electron chi connectivity index (χ1n) is 9.42. The Morgan fingerprint density at radius 3 is 2.70 bits per heavy atom. The van der Waals surface area contributed by atoms with E-state index in [1.54, 1.807) is 15.3 Å². The predicted molar refractivity (Wildman–Crippen MR) is 110 cm³/mol. The zero-order valence-electron chi connectivity index (χ0n) is 17.1. The van der Waals surface area contributed by atoms with Crippen molar-refractivity contribution in [2.75, 3.05) is 5.32 Å². The normalized spacial score (nSPS) is 10.9. The third kappa shape index (κ3) is 3.28. The third-order valence-corrected chi connectivity index (χ3v) is 4.94. The van der Waals surface area contributed by atoms with Gasteiger partial charge in [0.05, 0.1) is 12.0 Å². The van der Waals surface area contributed by atoms with Crippen LogP contribution in [0.1, 0.15) is 34.0 Å². The molecule has 0 radical (unpaired) electrons. The zero-order valence-corrected chi connectivity index (χ0v) is 17.1. The van der Waals surface area contributed by atoms with Crippen molar-refractivity contribution in [3.8, 4) is 11.9 Å². The molecule has 0 aromatic carbocycles. The van der Waals surface area contributed by atoms with E-state index in [-0.39, 0.29) is 12.3 Å². The lowest BCUT2D eigenvalue weighted by Gasteiger charge is -2.11. The van der Waals surface area contributed by atoms with Crippen molar-refractivity contribution < 1.29 is 4.79 Å². The molecular weight excluding hydrogens is 380 g/mol. The number of anilines is 1. The lowest BCUT2D eigenvalue weighted by atomic mass is 10.2. The molecule has 0 saturated carbocycles. The summed E-state index contributed by atoms with van der Waals surface area (Å²) in [6, 6.07) is 9.58. The van der Waals surface area contributed by atoms with E-state index in [9.17, 15) is 10.1 Å². The van der Waals surface area contributed by atoms with Crippen LogP contribution in [0.25, 0.3) is 11.6 Å². The predicted octanol–water partition coefficient (Wildman–Crippen LogP) is 2.60. The van der Waals surface area contributed by atoms with E-state index in [0.717, 1.165) is 22.6 Å². The number of rotatable bonds is 4. The molecule has 4 rings (SSSR count). The van der Waals surface area contributed by atoms with Crippen LogP contribution in [0, 0.1) is 39.0 Å². The first-order chi connectivity index (χ1) is 14.4. The number of carbonyl (C=O) groups is 1. The molecule has 0 aliphatic rings. The third-order valence-electron chi connectivity index (χ3n) is 4.94. The summed E-state index contributed by atoms with van der Waals surface area (Å²) in [7, 11) is 0. The van der Waals surface area contributed by atoms with Crippen LogP contribution in [0.3, 0.4) is 0 Å². The summed E-state index contributed by atoms with van der Waals surface area (Å²) in [5.74, 6) is 1.50. The monoisotopic (exact) mass is 400 g/mol. The zero-order chi connectivity index (χ0) is 21.4. The second kappa shape index (κ2) is 7.40. The quantitative estimate of drug-likeness (QED) is 0.563. The maximum absolute atomic E-state index is 12.8. The van der Waals surface area contributed by atoms with Crippen LogP contribution in [0.4, 0.5) is 5.82 Å². The van der Waals surface area contributed by atoms with Gasteiger partial charge in [0, 0.05) is 23.3 Å². The molecule has 30 heavy (non-hydrogen) atoms. The van der Waals surface area contributed by atoms with E-state index in [1.807, 2.05) is 52.0 Å². The number of hydrogen-bond donors (Lipinski definition) is 1. The fraction of sp³-hybridized carbons (Fsp3) is 0.238. The Bertz CT molecular complexity index is 1310. The van der Waals surface area contributed by atoms with Crippen molar-refractivity contribution in [2.24, 2.45) is 0 Å². The van der Waals surface area contributed by atoms with Crippen LogP contribution >= 0.6 is 0 Å². The van der Waals surface area contributed by atoms with Crippen molar-refractivity contribution in [1.29, 1.82) is 5.26 Å². The summed E-state index contributed by atoms with van der Waals surface area (Å²) >= 11 is 0. The molecule has 1 amide bonds. The van der Waals surface area contributed by atoms with Gasteiger partial charge in [-0.15, -0.1) is 5.10 Å². The standard InChI is InChI=1S/C21H20N8O/c1-12-9-13(2)29-21(24-12)25-17(27-29)10-19(30)26-20-16(11-22)14(3)15(4)28(20)18-7-5-6-8-23-18/h5-9H,10H2,1-4H3,(H,26,30). The second-order valence-electron chi connectivity index (χ2n) is 7.07. The van der Waals surface area contributed by atoms with Gasteiger partial charge in [0.25, 0.3) is 5.78 Å². The van der Waals surface area contributed by atoms with Gasteiger partial charge < -0.3 is 5.32 Å². The molecule has 0 fully saturated rings. The summed E-state index contributed by atoms with van der Waals surface area (Å²) in [6.45, 7) is 7.53. The Kier molecular flexibility index (Phi) is 4.75. The molecule has 0 aliphatic heterocycles. The van der Waals surface area contributed by atoms with Crippen LogP contribution in [0.2, 0.25) is 0 Å². The minimum Gasteiger partial charge on any atom is -0.310 e. The number of amides is 1. The highest BCUT2D eigenvalue weighted by Crippen LogP contribution is 2.29. The summed E-state index contributed by atoms with van der Waals surface area (Å²) in [5.41, 5.74) is 3.75. The molecule has 9 nitrogen and oxygen atoms in total. The average Bonchev–Trinajstić information content (AvgIpc) is 3.21. The minimum atomic E-state index is -0.327. The number of aryl methyl sites for hydroxylation is 2. The van der Waals surface area contributed by atoms with Crippen LogP contribution in [0.15, 0.2) is 30.5 Å². The molecule has 9 heteroatoms. The van der Waals surface area contributed by atoms with Gasteiger partial charge in [-0.2, -0.15) is 10.2 Å². The van der Waals surface area contributed by atoms with Gasteiger partial charge in [-0.25, -0.2) is 14.5 Å². The highest BCUT2D eigenvalue weighted by molar-refractivity contribution is 5.93. The smallest absolute Gasteiger partial charge is 0.252 e. The molecule has 1 N–H and O–H groups in total. The highest BCUT2D eigenvalue weighted by Gasteiger charge is 2.22. The van der Waals surface area contributed by atoms with Gasteiger partial charge in [-0.3, -0.25) is 9.36 Å². The van der Waals surface area contributed by atoms with Crippen LogP contribution in [0.5, 0.6) is 0 Å². The fourth-order valence-corrected chi connectivity index (χ4v) is 3.44. The molecule has 0 unspecified atom stereocenters. The molecular formula is C21H20N8O. The van der Waals surface area contributed by atoms with Gasteiger partial charge in [0.15, 0.2) is 5.82 Å². The maximum Gasteiger partial charge on any atom is 0.252 e. The first-order valence-corrected chi connectivity index (χ1v) is 9.42. The van der Waals surface area contributed by atoms with Crippen molar-refractivity contribution in [3.63, 3.8) is 0 Å². The molecule has 0 saturated heterocycles.